The van der Waals surface area contributed by atoms with E-state index in [1.807, 2.05) is 36.4 Å². The molecule has 2 aromatic rings. The molecule has 0 aromatic heterocycles. The summed E-state index contributed by atoms with van der Waals surface area (Å²) in [6.45, 7) is 4.59. The maximum atomic E-state index is 12.2. The van der Waals surface area contributed by atoms with Crippen molar-refractivity contribution in [3.05, 3.63) is 78.4 Å². The summed E-state index contributed by atoms with van der Waals surface area (Å²) in [6, 6.07) is 16.8. The molecule has 0 fully saturated rings. The second kappa shape index (κ2) is 9.15. The van der Waals surface area contributed by atoms with E-state index in [-0.39, 0.29) is 18.4 Å². The molecule has 124 valence electrons. The van der Waals surface area contributed by atoms with Crippen molar-refractivity contribution in [3.8, 4) is 0 Å². The molecule has 0 saturated carbocycles. The van der Waals surface area contributed by atoms with E-state index in [4.69, 9.17) is 0 Å². The van der Waals surface area contributed by atoms with Crippen LogP contribution in [0, 0.1) is 0 Å². The second-order valence-electron chi connectivity index (χ2n) is 5.20. The fourth-order valence-corrected chi connectivity index (χ4v) is 2.08. The average molecular weight is 323 g/mol. The zero-order valence-electron chi connectivity index (χ0n) is 13.4. The third-order valence-corrected chi connectivity index (χ3v) is 3.32. The predicted octanol–water partition coefficient (Wildman–Crippen LogP) is 2.33. The van der Waals surface area contributed by atoms with Crippen molar-refractivity contribution in [2.75, 3.05) is 18.4 Å². The van der Waals surface area contributed by atoms with Crippen molar-refractivity contribution in [3.63, 3.8) is 0 Å². The van der Waals surface area contributed by atoms with Crippen molar-refractivity contribution in [2.45, 2.75) is 6.54 Å². The Morgan fingerprint density at radius 1 is 1.00 bits per heavy atom. The van der Waals surface area contributed by atoms with Gasteiger partial charge in [-0.25, -0.2) is 0 Å². The van der Waals surface area contributed by atoms with E-state index in [0.717, 1.165) is 11.3 Å². The minimum Gasteiger partial charge on any atom is -0.376 e. The van der Waals surface area contributed by atoms with Gasteiger partial charge in [-0.2, -0.15) is 0 Å². The first-order valence-corrected chi connectivity index (χ1v) is 7.72. The van der Waals surface area contributed by atoms with Crippen LogP contribution in [0.1, 0.15) is 15.9 Å². The normalized spacial score (nSPS) is 9.83. The van der Waals surface area contributed by atoms with Crippen LogP contribution in [-0.4, -0.2) is 24.9 Å². The molecule has 5 nitrogen and oxygen atoms in total. The summed E-state index contributed by atoms with van der Waals surface area (Å²) in [6.07, 6.45) is 1.62. The first kappa shape index (κ1) is 17.3. The third kappa shape index (κ3) is 5.61. The van der Waals surface area contributed by atoms with Crippen LogP contribution in [0.15, 0.2) is 67.3 Å². The molecule has 0 saturated heterocycles. The Hall–Kier alpha value is -3.08. The van der Waals surface area contributed by atoms with Gasteiger partial charge in [0.05, 0.1) is 6.54 Å². The van der Waals surface area contributed by atoms with Gasteiger partial charge < -0.3 is 16.0 Å². The molecular formula is C19H21N3O2. The van der Waals surface area contributed by atoms with Gasteiger partial charge in [0.2, 0.25) is 5.91 Å². The molecule has 0 heterocycles. The lowest BCUT2D eigenvalue weighted by molar-refractivity contribution is -0.119. The van der Waals surface area contributed by atoms with Crippen LogP contribution in [0.25, 0.3) is 0 Å². The van der Waals surface area contributed by atoms with Gasteiger partial charge in [-0.1, -0.05) is 42.5 Å². The molecule has 0 aliphatic rings. The van der Waals surface area contributed by atoms with Crippen LogP contribution >= 0.6 is 0 Å². The highest BCUT2D eigenvalue weighted by Gasteiger charge is 2.06. The van der Waals surface area contributed by atoms with Crippen LogP contribution in [0.3, 0.4) is 0 Å². The summed E-state index contributed by atoms with van der Waals surface area (Å²) < 4.78 is 0. The molecule has 0 aliphatic carbocycles. The lowest BCUT2D eigenvalue weighted by Crippen LogP contribution is -2.29. The number of benzene rings is 2. The largest absolute Gasteiger partial charge is 0.376 e. The highest BCUT2D eigenvalue weighted by molar-refractivity contribution is 5.95. The van der Waals surface area contributed by atoms with Crippen LogP contribution in [0.2, 0.25) is 0 Å². The van der Waals surface area contributed by atoms with Crippen LogP contribution in [0.4, 0.5) is 5.69 Å². The van der Waals surface area contributed by atoms with Gasteiger partial charge in [0.25, 0.3) is 5.91 Å². The summed E-state index contributed by atoms with van der Waals surface area (Å²) in [5, 5.41) is 8.55. The third-order valence-electron chi connectivity index (χ3n) is 3.32. The highest BCUT2D eigenvalue weighted by Crippen LogP contribution is 2.10. The van der Waals surface area contributed by atoms with E-state index in [1.165, 1.54) is 0 Å². The first-order valence-electron chi connectivity index (χ1n) is 7.72. The Balaban J connectivity index is 1.88. The standard InChI is InChI=1S/C19H21N3O2/c1-2-11-20-18(23)14-21-17-10-6-9-16(12-17)19(24)22-13-15-7-4-3-5-8-15/h2-10,12,21H,1,11,13-14H2,(H,20,23)(H,22,24). The van der Waals surface area contributed by atoms with Crippen molar-refractivity contribution >= 4 is 17.5 Å². The summed E-state index contributed by atoms with van der Waals surface area (Å²) in [4.78, 5) is 23.8. The summed E-state index contributed by atoms with van der Waals surface area (Å²) >= 11 is 0. The van der Waals surface area contributed by atoms with Gasteiger partial charge in [0, 0.05) is 24.3 Å². The Morgan fingerprint density at radius 3 is 2.54 bits per heavy atom. The SMILES string of the molecule is C=CCNC(=O)CNc1cccc(C(=O)NCc2ccccc2)c1. The zero-order valence-corrected chi connectivity index (χ0v) is 13.4. The van der Waals surface area contributed by atoms with E-state index in [0.29, 0.717) is 18.7 Å². The minimum atomic E-state index is -0.154. The maximum Gasteiger partial charge on any atom is 0.251 e. The fraction of sp³-hybridized carbons (Fsp3) is 0.158. The number of carbonyl (C=O) groups is 2. The molecule has 0 aliphatic heterocycles. The Morgan fingerprint density at radius 2 is 1.79 bits per heavy atom. The van der Waals surface area contributed by atoms with E-state index in [9.17, 15) is 9.59 Å². The monoisotopic (exact) mass is 323 g/mol. The summed E-state index contributed by atoms with van der Waals surface area (Å²) in [7, 11) is 0. The van der Waals surface area contributed by atoms with Crippen LogP contribution in [-0.2, 0) is 11.3 Å². The molecule has 0 bridgehead atoms. The molecule has 2 aromatic carbocycles. The van der Waals surface area contributed by atoms with Crippen molar-refractivity contribution in [2.24, 2.45) is 0 Å². The first-order chi connectivity index (χ1) is 11.7. The molecule has 0 atom stereocenters. The fourth-order valence-electron chi connectivity index (χ4n) is 2.08. The van der Waals surface area contributed by atoms with Crippen molar-refractivity contribution in [1.29, 1.82) is 0 Å². The highest BCUT2D eigenvalue weighted by atomic mass is 16.2. The van der Waals surface area contributed by atoms with Gasteiger partial charge >= 0.3 is 0 Å². The van der Waals surface area contributed by atoms with E-state index < -0.39 is 0 Å². The summed E-state index contributed by atoms with van der Waals surface area (Å²) in [5.74, 6) is -0.285. The molecule has 3 N–H and O–H groups in total. The second-order valence-corrected chi connectivity index (χ2v) is 5.20. The van der Waals surface area contributed by atoms with Crippen molar-refractivity contribution < 1.29 is 9.59 Å². The number of carbonyl (C=O) groups excluding carboxylic acids is 2. The van der Waals surface area contributed by atoms with Gasteiger partial charge in [0.1, 0.15) is 0 Å². The number of rotatable bonds is 8. The van der Waals surface area contributed by atoms with Crippen LogP contribution in [0.5, 0.6) is 0 Å². The quantitative estimate of drug-likeness (QED) is 0.653. The number of hydrogen-bond acceptors (Lipinski definition) is 3. The molecular weight excluding hydrogens is 302 g/mol. The molecule has 2 amide bonds. The van der Waals surface area contributed by atoms with Crippen molar-refractivity contribution in [1.82, 2.24) is 10.6 Å². The lowest BCUT2D eigenvalue weighted by atomic mass is 10.1. The molecule has 2 rings (SSSR count). The van der Waals surface area contributed by atoms with E-state index in [2.05, 4.69) is 22.5 Å². The maximum absolute atomic E-state index is 12.2. The minimum absolute atomic E-state index is 0.131. The molecule has 5 heteroatoms. The topological polar surface area (TPSA) is 70.2 Å². The van der Waals surface area contributed by atoms with E-state index >= 15 is 0 Å². The smallest absolute Gasteiger partial charge is 0.251 e. The van der Waals surface area contributed by atoms with Gasteiger partial charge in [-0.15, -0.1) is 6.58 Å². The zero-order chi connectivity index (χ0) is 17.2. The molecule has 0 spiro atoms. The number of anilines is 1. The van der Waals surface area contributed by atoms with Crippen LogP contribution < -0.4 is 16.0 Å². The van der Waals surface area contributed by atoms with Gasteiger partial charge in [-0.05, 0) is 23.8 Å². The number of amides is 2. The average Bonchev–Trinajstić information content (AvgIpc) is 2.63. The Bertz CT molecular complexity index is 699. The van der Waals surface area contributed by atoms with Gasteiger partial charge in [-0.3, -0.25) is 9.59 Å². The predicted molar refractivity (Wildman–Crippen MR) is 95.8 cm³/mol. The summed E-state index contributed by atoms with van der Waals surface area (Å²) in [5.41, 5.74) is 2.30. The molecule has 24 heavy (non-hydrogen) atoms. The van der Waals surface area contributed by atoms with Gasteiger partial charge in [0.15, 0.2) is 0 Å². The number of nitrogens with one attached hydrogen (secondary N) is 3. The molecule has 0 unspecified atom stereocenters. The van der Waals surface area contributed by atoms with E-state index in [1.54, 1.807) is 24.3 Å². The number of hydrogen-bond donors (Lipinski definition) is 3. The Kier molecular flexibility index (Phi) is 6.58. The Labute approximate surface area is 141 Å². The lowest BCUT2D eigenvalue weighted by Gasteiger charge is -2.09. The molecule has 0 radical (unpaired) electrons.